The van der Waals surface area contributed by atoms with Crippen molar-refractivity contribution in [2.75, 3.05) is 18.1 Å². The van der Waals surface area contributed by atoms with Crippen molar-refractivity contribution < 1.29 is 19.1 Å². The van der Waals surface area contributed by atoms with Crippen LogP contribution in [-0.4, -0.2) is 30.9 Å². The number of fused-ring (bicyclic) bond motifs is 2. The molecule has 3 aromatic rings. The number of amides is 2. The minimum atomic E-state index is -0.618. The molecular formula is C24H21N3O4S. The van der Waals surface area contributed by atoms with Crippen molar-refractivity contribution in [1.82, 2.24) is 10.9 Å². The summed E-state index contributed by atoms with van der Waals surface area (Å²) in [5, 5.41) is 0. The molecule has 1 heterocycles. The largest absolute Gasteiger partial charge is 0.455 e. The molecule has 3 aromatic carbocycles. The third kappa shape index (κ3) is 5.09. The summed E-state index contributed by atoms with van der Waals surface area (Å²) in [4.78, 5) is 40.4. The zero-order valence-electron chi connectivity index (χ0n) is 17.1. The molecule has 8 heteroatoms. The number of nitrogens with zero attached hydrogens (tertiary/aromatic N) is 1. The average molecular weight is 448 g/mol. The Kier molecular flexibility index (Phi) is 6.72. The van der Waals surface area contributed by atoms with Crippen LogP contribution in [-0.2, 0) is 14.3 Å². The Balaban J connectivity index is 1.27. The molecule has 32 heavy (non-hydrogen) atoms. The number of para-hydroxylation sites is 2. The smallest absolute Gasteiger partial charge is 0.308 e. The lowest BCUT2D eigenvalue weighted by atomic mass is 10.2. The van der Waals surface area contributed by atoms with E-state index in [9.17, 15) is 14.4 Å². The Hall–Kier alpha value is -3.78. The van der Waals surface area contributed by atoms with Crippen LogP contribution in [0.2, 0.25) is 0 Å². The average Bonchev–Trinajstić information content (AvgIpc) is 2.84. The summed E-state index contributed by atoms with van der Waals surface area (Å²) < 4.78 is 5.07. The van der Waals surface area contributed by atoms with Crippen molar-refractivity contribution in [3.63, 3.8) is 0 Å². The van der Waals surface area contributed by atoms with Crippen LogP contribution >= 0.6 is 11.8 Å². The van der Waals surface area contributed by atoms with Crippen molar-refractivity contribution in [3.8, 4) is 0 Å². The highest BCUT2D eigenvalue weighted by Crippen LogP contribution is 2.47. The van der Waals surface area contributed by atoms with Crippen LogP contribution in [0, 0.1) is 0 Å². The Morgan fingerprint density at radius 3 is 2.03 bits per heavy atom. The first-order valence-electron chi connectivity index (χ1n) is 10.0. The lowest BCUT2D eigenvalue weighted by Gasteiger charge is -2.32. The number of rotatable bonds is 6. The van der Waals surface area contributed by atoms with Gasteiger partial charge >= 0.3 is 5.97 Å². The third-order valence-electron chi connectivity index (χ3n) is 4.79. The summed E-state index contributed by atoms with van der Waals surface area (Å²) in [5.74, 6) is -1.57. The maximum atomic E-state index is 12.3. The highest BCUT2D eigenvalue weighted by molar-refractivity contribution is 7.99. The van der Waals surface area contributed by atoms with Crippen molar-refractivity contribution in [1.29, 1.82) is 0 Å². The molecule has 7 nitrogen and oxygen atoms in total. The van der Waals surface area contributed by atoms with E-state index >= 15 is 0 Å². The lowest BCUT2D eigenvalue weighted by molar-refractivity contribution is -0.148. The van der Waals surface area contributed by atoms with Gasteiger partial charge in [-0.3, -0.25) is 25.2 Å². The molecule has 0 fully saturated rings. The molecule has 0 radical (unpaired) electrons. The minimum absolute atomic E-state index is 0.108. The van der Waals surface area contributed by atoms with Gasteiger partial charge in [0.05, 0.1) is 17.8 Å². The molecule has 162 valence electrons. The molecule has 0 spiro atoms. The molecule has 1 aliphatic rings. The molecule has 0 atom stereocenters. The van der Waals surface area contributed by atoms with Gasteiger partial charge in [-0.2, -0.15) is 0 Å². The predicted molar refractivity (Wildman–Crippen MR) is 122 cm³/mol. The number of hydrazine groups is 1. The molecule has 0 aliphatic carbocycles. The van der Waals surface area contributed by atoms with E-state index in [4.69, 9.17) is 4.74 Å². The molecule has 0 saturated heterocycles. The van der Waals surface area contributed by atoms with Gasteiger partial charge in [0.15, 0.2) is 6.61 Å². The first kappa shape index (κ1) is 21.5. The number of hydrogen-bond donors (Lipinski definition) is 2. The van der Waals surface area contributed by atoms with E-state index in [-0.39, 0.29) is 6.42 Å². The van der Waals surface area contributed by atoms with Gasteiger partial charge in [0.1, 0.15) is 0 Å². The summed E-state index contributed by atoms with van der Waals surface area (Å²) in [6.45, 7) is -0.0588. The second-order valence-electron chi connectivity index (χ2n) is 6.97. The SMILES string of the molecule is O=C(COC(=O)CCN1c2ccccc2Sc2ccccc21)NNC(=O)c1ccccc1. The van der Waals surface area contributed by atoms with E-state index in [1.54, 1.807) is 42.1 Å². The number of nitrogens with one attached hydrogen (secondary N) is 2. The summed E-state index contributed by atoms with van der Waals surface area (Å²) in [7, 11) is 0. The fourth-order valence-corrected chi connectivity index (χ4v) is 4.36. The van der Waals surface area contributed by atoms with E-state index in [1.165, 1.54) is 0 Å². The van der Waals surface area contributed by atoms with Gasteiger partial charge < -0.3 is 9.64 Å². The van der Waals surface area contributed by atoms with Crippen molar-refractivity contribution >= 4 is 40.9 Å². The first-order chi connectivity index (χ1) is 15.6. The monoisotopic (exact) mass is 447 g/mol. The summed E-state index contributed by atoms with van der Waals surface area (Å²) in [6.07, 6.45) is 0.108. The van der Waals surface area contributed by atoms with Crippen LogP contribution in [0.1, 0.15) is 16.8 Å². The summed E-state index contributed by atoms with van der Waals surface area (Å²) in [6, 6.07) is 24.5. The lowest BCUT2D eigenvalue weighted by Crippen LogP contribution is -2.43. The van der Waals surface area contributed by atoms with E-state index in [1.807, 2.05) is 36.4 Å². The number of carbonyl (C=O) groups excluding carboxylic acids is 3. The van der Waals surface area contributed by atoms with Crippen molar-refractivity contribution in [2.24, 2.45) is 0 Å². The standard InChI is InChI=1S/C24H21N3O4S/c28-22(25-26-24(30)17-8-2-1-3-9-17)16-31-23(29)14-15-27-18-10-4-6-12-20(18)32-21-13-7-5-11-19(21)27/h1-13H,14-16H2,(H,25,28)(H,26,30). The van der Waals surface area contributed by atoms with Crippen LogP contribution in [0.15, 0.2) is 88.7 Å². The zero-order valence-corrected chi connectivity index (χ0v) is 17.9. The summed E-state index contributed by atoms with van der Waals surface area (Å²) >= 11 is 1.70. The van der Waals surface area contributed by atoms with Gasteiger partial charge in [-0.1, -0.05) is 54.2 Å². The zero-order chi connectivity index (χ0) is 22.3. The molecule has 1 aliphatic heterocycles. The fraction of sp³-hybridized carbons (Fsp3) is 0.125. The molecule has 0 aromatic heterocycles. The quantitative estimate of drug-likeness (QED) is 0.443. The molecule has 0 saturated carbocycles. The van der Waals surface area contributed by atoms with Crippen LogP contribution in [0.5, 0.6) is 0 Å². The van der Waals surface area contributed by atoms with E-state index in [2.05, 4.69) is 27.9 Å². The number of esters is 1. The molecule has 2 N–H and O–H groups in total. The van der Waals surface area contributed by atoms with Crippen molar-refractivity contribution in [3.05, 3.63) is 84.4 Å². The van der Waals surface area contributed by atoms with Crippen LogP contribution in [0.25, 0.3) is 0 Å². The molecule has 4 rings (SSSR count). The van der Waals surface area contributed by atoms with E-state index < -0.39 is 24.4 Å². The number of hydrogen-bond acceptors (Lipinski definition) is 6. The van der Waals surface area contributed by atoms with Gasteiger partial charge in [-0.05, 0) is 36.4 Å². The molecule has 2 amide bonds. The van der Waals surface area contributed by atoms with Crippen LogP contribution in [0.3, 0.4) is 0 Å². The Bertz CT molecular complexity index is 1090. The minimum Gasteiger partial charge on any atom is -0.455 e. The second-order valence-corrected chi connectivity index (χ2v) is 8.05. The van der Waals surface area contributed by atoms with Crippen molar-refractivity contribution in [2.45, 2.75) is 16.2 Å². The Morgan fingerprint density at radius 1 is 0.781 bits per heavy atom. The van der Waals surface area contributed by atoms with Gasteiger partial charge in [-0.25, -0.2) is 0 Å². The number of benzene rings is 3. The molecule has 0 unspecified atom stereocenters. The Morgan fingerprint density at radius 2 is 1.38 bits per heavy atom. The first-order valence-corrected chi connectivity index (χ1v) is 10.9. The van der Waals surface area contributed by atoms with E-state index in [0.29, 0.717) is 12.1 Å². The van der Waals surface area contributed by atoms with Crippen LogP contribution < -0.4 is 15.8 Å². The molecule has 0 bridgehead atoms. The Labute approximate surface area is 189 Å². The van der Waals surface area contributed by atoms with E-state index in [0.717, 1.165) is 21.2 Å². The normalized spacial score (nSPS) is 11.7. The van der Waals surface area contributed by atoms with Gasteiger partial charge in [0, 0.05) is 21.9 Å². The third-order valence-corrected chi connectivity index (χ3v) is 5.92. The number of ether oxygens (including phenoxy) is 1. The van der Waals surface area contributed by atoms with Gasteiger partial charge in [0.2, 0.25) is 0 Å². The van der Waals surface area contributed by atoms with Crippen LogP contribution in [0.4, 0.5) is 11.4 Å². The topological polar surface area (TPSA) is 87.7 Å². The summed E-state index contributed by atoms with van der Waals surface area (Å²) in [5.41, 5.74) is 7.00. The highest BCUT2D eigenvalue weighted by atomic mass is 32.2. The predicted octanol–water partition coefficient (Wildman–Crippen LogP) is 3.68. The number of anilines is 2. The fourth-order valence-electron chi connectivity index (χ4n) is 3.27. The van der Waals surface area contributed by atoms with Gasteiger partial charge in [-0.15, -0.1) is 0 Å². The van der Waals surface area contributed by atoms with Gasteiger partial charge in [0.25, 0.3) is 11.8 Å². The maximum absolute atomic E-state index is 12.3. The highest BCUT2D eigenvalue weighted by Gasteiger charge is 2.23. The number of carbonyl (C=O) groups is 3. The second kappa shape index (κ2) is 10.0. The maximum Gasteiger partial charge on any atom is 0.308 e. The molecular weight excluding hydrogens is 426 g/mol.